The van der Waals surface area contributed by atoms with Gasteiger partial charge in [0, 0.05) is 14.0 Å². The summed E-state index contributed by atoms with van der Waals surface area (Å²) < 4.78 is 10.00. The van der Waals surface area contributed by atoms with Crippen molar-refractivity contribution < 1.29 is 14.3 Å². The molecule has 0 amide bonds. The van der Waals surface area contributed by atoms with E-state index >= 15 is 0 Å². The van der Waals surface area contributed by atoms with Gasteiger partial charge in [-0.1, -0.05) is 0 Å². The number of rotatable bonds is 4. The second kappa shape index (κ2) is 5.19. The van der Waals surface area contributed by atoms with Crippen LogP contribution in [0.2, 0.25) is 0 Å². The molecule has 1 unspecified atom stereocenters. The summed E-state index contributed by atoms with van der Waals surface area (Å²) in [4.78, 5) is 12.9. The molecule has 1 aliphatic heterocycles. The second-order valence-corrected chi connectivity index (χ2v) is 3.28. The maximum absolute atomic E-state index is 10.7. The molecule has 4 nitrogen and oxygen atoms in total. The minimum atomic E-state index is -0.407. The van der Waals surface area contributed by atoms with Gasteiger partial charge in [-0.25, -0.2) is 0 Å². The van der Waals surface area contributed by atoms with Crippen molar-refractivity contribution in [1.82, 2.24) is 4.90 Å². The van der Waals surface area contributed by atoms with Crippen LogP contribution in [0.15, 0.2) is 0 Å². The summed E-state index contributed by atoms with van der Waals surface area (Å²) >= 11 is 0. The van der Waals surface area contributed by atoms with Gasteiger partial charge in [-0.05, 0) is 25.9 Å². The van der Waals surface area contributed by atoms with Gasteiger partial charge >= 0.3 is 5.97 Å². The Morgan fingerprint density at radius 1 is 1.46 bits per heavy atom. The molecule has 1 fully saturated rings. The van der Waals surface area contributed by atoms with E-state index in [1.165, 1.54) is 19.8 Å². The van der Waals surface area contributed by atoms with E-state index < -0.39 is 6.29 Å². The summed E-state index contributed by atoms with van der Waals surface area (Å²) in [5.74, 6) is -0.286. The average Bonchev–Trinajstić information content (AvgIpc) is 2.55. The van der Waals surface area contributed by atoms with Gasteiger partial charge < -0.3 is 9.47 Å². The lowest BCUT2D eigenvalue weighted by molar-refractivity contribution is -0.173. The first-order valence-corrected chi connectivity index (χ1v) is 4.64. The molecule has 0 aliphatic carbocycles. The molecule has 4 heteroatoms. The Balaban J connectivity index is 2.25. The minimum absolute atomic E-state index is 0.286. The van der Waals surface area contributed by atoms with Crippen LogP contribution in [-0.4, -0.2) is 43.9 Å². The van der Waals surface area contributed by atoms with Gasteiger partial charge in [0.2, 0.25) is 6.29 Å². The third-order valence-electron chi connectivity index (χ3n) is 2.17. The number of methoxy groups -OCH3 is 1. The zero-order valence-electron chi connectivity index (χ0n) is 8.28. The largest absolute Gasteiger partial charge is 0.435 e. The zero-order chi connectivity index (χ0) is 9.68. The Labute approximate surface area is 78.8 Å². The van der Waals surface area contributed by atoms with Gasteiger partial charge in [-0.15, -0.1) is 0 Å². The SMILES string of the molecule is COC(CN1CCCC1)OC(C)=O. The highest BCUT2D eigenvalue weighted by Crippen LogP contribution is 2.09. The van der Waals surface area contributed by atoms with Gasteiger partial charge in [0.25, 0.3) is 0 Å². The zero-order valence-corrected chi connectivity index (χ0v) is 8.28. The van der Waals surface area contributed by atoms with Gasteiger partial charge in [-0.3, -0.25) is 9.69 Å². The first-order chi connectivity index (χ1) is 6.22. The maximum atomic E-state index is 10.7. The number of esters is 1. The van der Waals surface area contributed by atoms with Crippen molar-refractivity contribution >= 4 is 5.97 Å². The Hall–Kier alpha value is -0.610. The molecule has 0 N–H and O–H groups in total. The van der Waals surface area contributed by atoms with Crippen LogP contribution in [0.1, 0.15) is 19.8 Å². The van der Waals surface area contributed by atoms with Crippen molar-refractivity contribution in [2.75, 3.05) is 26.7 Å². The lowest BCUT2D eigenvalue weighted by Crippen LogP contribution is -2.34. The second-order valence-electron chi connectivity index (χ2n) is 3.28. The number of hydrogen-bond donors (Lipinski definition) is 0. The first kappa shape index (κ1) is 10.5. The molecule has 0 aromatic carbocycles. The van der Waals surface area contributed by atoms with Gasteiger partial charge in [0.1, 0.15) is 0 Å². The smallest absolute Gasteiger partial charge is 0.304 e. The number of ether oxygens (including phenoxy) is 2. The molecule has 0 saturated carbocycles. The molecular formula is C9H17NO3. The quantitative estimate of drug-likeness (QED) is 0.477. The number of likely N-dealkylation sites (tertiary alicyclic amines) is 1. The van der Waals surface area contributed by atoms with Crippen molar-refractivity contribution in [3.8, 4) is 0 Å². The molecule has 76 valence electrons. The lowest BCUT2D eigenvalue weighted by Gasteiger charge is -2.21. The summed E-state index contributed by atoms with van der Waals surface area (Å²) in [5, 5.41) is 0. The van der Waals surface area contributed by atoms with Crippen molar-refractivity contribution in [1.29, 1.82) is 0 Å². The molecular weight excluding hydrogens is 170 g/mol. The molecule has 13 heavy (non-hydrogen) atoms. The highest BCUT2D eigenvalue weighted by molar-refractivity contribution is 5.66. The van der Waals surface area contributed by atoms with Crippen molar-refractivity contribution in [3.63, 3.8) is 0 Å². The molecule has 1 aliphatic rings. The van der Waals surface area contributed by atoms with Crippen LogP contribution in [0.4, 0.5) is 0 Å². The number of carbonyl (C=O) groups is 1. The topological polar surface area (TPSA) is 38.8 Å². The predicted molar refractivity (Wildman–Crippen MR) is 48.2 cm³/mol. The Kier molecular flexibility index (Phi) is 4.18. The highest BCUT2D eigenvalue weighted by atomic mass is 16.7. The monoisotopic (exact) mass is 187 g/mol. The van der Waals surface area contributed by atoms with Crippen LogP contribution in [0.25, 0.3) is 0 Å². The summed E-state index contributed by atoms with van der Waals surface area (Å²) in [5.41, 5.74) is 0. The van der Waals surface area contributed by atoms with E-state index in [0.717, 1.165) is 13.1 Å². The lowest BCUT2D eigenvalue weighted by atomic mass is 10.4. The van der Waals surface area contributed by atoms with E-state index in [1.54, 1.807) is 7.11 Å². The third kappa shape index (κ3) is 3.74. The molecule has 1 heterocycles. The fourth-order valence-electron chi connectivity index (χ4n) is 1.52. The van der Waals surface area contributed by atoms with Crippen LogP contribution in [-0.2, 0) is 14.3 Å². The van der Waals surface area contributed by atoms with Crippen LogP contribution >= 0.6 is 0 Å². The van der Waals surface area contributed by atoms with E-state index in [9.17, 15) is 4.79 Å². The molecule has 0 aromatic heterocycles. The molecule has 1 rings (SSSR count). The molecule has 1 atom stereocenters. The van der Waals surface area contributed by atoms with E-state index in [1.807, 2.05) is 0 Å². The summed E-state index contributed by atoms with van der Waals surface area (Å²) in [6, 6.07) is 0. The fourth-order valence-corrected chi connectivity index (χ4v) is 1.52. The van der Waals surface area contributed by atoms with E-state index in [0.29, 0.717) is 6.54 Å². The van der Waals surface area contributed by atoms with E-state index in [2.05, 4.69) is 4.90 Å². The fraction of sp³-hybridized carbons (Fsp3) is 0.889. The Morgan fingerprint density at radius 3 is 2.54 bits per heavy atom. The molecule has 1 saturated heterocycles. The predicted octanol–water partition coefficient (Wildman–Crippen LogP) is 0.618. The average molecular weight is 187 g/mol. The summed E-state index contributed by atoms with van der Waals surface area (Å²) in [6.45, 7) is 4.26. The molecule has 0 bridgehead atoms. The van der Waals surface area contributed by atoms with Crippen molar-refractivity contribution in [2.24, 2.45) is 0 Å². The highest BCUT2D eigenvalue weighted by Gasteiger charge is 2.18. The molecule has 0 spiro atoms. The molecule has 0 radical (unpaired) electrons. The van der Waals surface area contributed by atoms with Crippen LogP contribution in [0, 0.1) is 0 Å². The van der Waals surface area contributed by atoms with E-state index in [4.69, 9.17) is 9.47 Å². The minimum Gasteiger partial charge on any atom is -0.435 e. The van der Waals surface area contributed by atoms with Crippen molar-refractivity contribution in [3.05, 3.63) is 0 Å². The summed E-state index contributed by atoms with van der Waals surface area (Å²) in [7, 11) is 1.56. The summed E-state index contributed by atoms with van der Waals surface area (Å²) in [6.07, 6.45) is 2.06. The van der Waals surface area contributed by atoms with Gasteiger partial charge in [0.05, 0.1) is 6.54 Å². The van der Waals surface area contributed by atoms with Crippen molar-refractivity contribution in [2.45, 2.75) is 26.1 Å². The van der Waals surface area contributed by atoms with Gasteiger partial charge in [-0.2, -0.15) is 0 Å². The molecule has 0 aromatic rings. The number of nitrogens with zero attached hydrogens (tertiary/aromatic N) is 1. The van der Waals surface area contributed by atoms with Crippen LogP contribution < -0.4 is 0 Å². The van der Waals surface area contributed by atoms with Crippen LogP contribution in [0.5, 0.6) is 0 Å². The Bertz CT molecular complexity index is 166. The maximum Gasteiger partial charge on any atom is 0.304 e. The third-order valence-corrected chi connectivity index (χ3v) is 2.17. The number of carbonyl (C=O) groups excluding carboxylic acids is 1. The van der Waals surface area contributed by atoms with Gasteiger partial charge in [0.15, 0.2) is 0 Å². The normalized spacial score (nSPS) is 20.2. The Morgan fingerprint density at radius 2 is 2.08 bits per heavy atom. The first-order valence-electron chi connectivity index (χ1n) is 4.64. The number of hydrogen-bond acceptors (Lipinski definition) is 4. The van der Waals surface area contributed by atoms with Crippen LogP contribution in [0.3, 0.4) is 0 Å². The van der Waals surface area contributed by atoms with E-state index in [-0.39, 0.29) is 5.97 Å². The standard InChI is InChI=1S/C9H17NO3/c1-8(11)13-9(12-2)7-10-5-3-4-6-10/h9H,3-7H2,1-2H3.